The molecule has 0 radical (unpaired) electrons. The van der Waals surface area contributed by atoms with Crippen LogP contribution in [0.2, 0.25) is 0 Å². The van der Waals surface area contributed by atoms with Gasteiger partial charge in [-0.2, -0.15) is 0 Å². The van der Waals surface area contributed by atoms with Crippen LogP contribution in [0.15, 0.2) is 212 Å². The van der Waals surface area contributed by atoms with Gasteiger partial charge in [-0.15, -0.1) is 0 Å². The van der Waals surface area contributed by atoms with Crippen molar-refractivity contribution < 1.29 is 62.1 Å². The molecule has 7 aromatic carbocycles. The second-order valence-electron chi connectivity index (χ2n) is 18.0. The summed E-state index contributed by atoms with van der Waals surface area (Å²) >= 11 is 0. The van der Waals surface area contributed by atoms with Gasteiger partial charge in [-0.3, -0.25) is 0 Å². The van der Waals surface area contributed by atoms with Crippen molar-refractivity contribution in [2.75, 3.05) is 0 Å². The number of benzene rings is 7. The van der Waals surface area contributed by atoms with E-state index in [-0.39, 0.29) is 46.2 Å². The third kappa shape index (κ3) is 14.4. The van der Waals surface area contributed by atoms with E-state index in [9.17, 15) is 14.7 Å². The Kier molecular flexibility index (Phi) is 18.9. The second-order valence-corrected chi connectivity index (χ2v) is 18.0. The third-order valence-corrected chi connectivity index (χ3v) is 12.6. The molecule has 2 aliphatic rings. The van der Waals surface area contributed by atoms with Crippen LogP contribution in [0.5, 0.6) is 0 Å². The van der Waals surface area contributed by atoms with Gasteiger partial charge in [-0.25, -0.2) is 9.59 Å². The van der Waals surface area contributed by atoms with Gasteiger partial charge in [0.2, 0.25) is 0 Å². The van der Waals surface area contributed by atoms with Crippen LogP contribution in [0.1, 0.15) is 38.9 Å². The number of hydrogen-bond acceptors (Lipinski definition) is 13. The Bertz CT molecular complexity index is 2720. The molecular formula is C61H60O13. The first-order valence-corrected chi connectivity index (χ1v) is 24.8. The molecule has 0 unspecified atom stereocenters. The number of ether oxygens (including phenoxy) is 10. The number of carbonyl (C=O) groups excluding carboxylic acids is 2. The van der Waals surface area contributed by atoms with Gasteiger partial charge in [-0.1, -0.05) is 212 Å². The largest absolute Gasteiger partial charge is 0.459 e. The van der Waals surface area contributed by atoms with Gasteiger partial charge in [0.15, 0.2) is 24.8 Å². The Labute approximate surface area is 431 Å². The summed E-state index contributed by atoms with van der Waals surface area (Å²) in [6.45, 7) is 0.0747. The zero-order valence-electron chi connectivity index (χ0n) is 40.8. The van der Waals surface area contributed by atoms with Crippen molar-refractivity contribution in [1.29, 1.82) is 0 Å². The molecule has 0 aliphatic carbocycles. The molecule has 74 heavy (non-hydrogen) atoms. The Balaban J connectivity index is 1.12. The van der Waals surface area contributed by atoms with Crippen LogP contribution in [0, 0.1) is 0 Å². The molecule has 9 rings (SSSR count). The van der Waals surface area contributed by atoms with Crippen LogP contribution < -0.4 is 0 Å². The van der Waals surface area contributed by atoms with Crippen LogP contribution in [-0.4, -0.2) is 78.5 Å². The van der Waals surface area contributed by atoms with Crippen molar-refractivity contribution in [3.8, 4) is 0 Å². The topological polar surface area (TPSA) is 147 Å². The first-order chi connectivity index (χ1) is 36.4. The van der Waals surface area contributed by atoms with Gasteiger partial charge in [-0.05, 0) is 38.9 Å². The molecule has 1 N–H and O–H groups in total. The Morgan fingerprint density at radius 1 is 0.324 bits per heavy atom. The van der Waals surface area contributed by atoms with E-state index in [1.165, 1.54) is 0 Å². The summed E-state index contributed by atoms with van der Waals surface area (Å²) in [7, 11) is 0. The SMILES string of the molecule is O=C(OCc1ccccc1)[C@H]1O[C@H](O[C@@H]2[C@H](OCc3ccccc3)[C@@H](OCc3ccccc3)[C@H](OCc3ccccc3)O[C@@H]2C(=O)OCc2ccccc2)[C@H](OCc2ccccc2)[C@@H](OCc2ccccc2)[C@H]1O. The minimum Gasteiger partial charge on any atom is -0.459 e. The minimum atomic E-state index is -1.66. The van der Waals surface area contributed by atoms with Crippen LogP contribution in [0.25, 0.3) is 0 Å². The molecule has 7 aromatic rings. The lowest BCUT2D eigenvalue weighted by Gasteiger charge is -2.48. The number of hydrogen-bond donors (Lipinski definition) is 1. The van der Waals surface area contributed by atoms with Crippen molar-refractivity contribution >= 4 is 11.9 Å². The summed E-state index contributed by atoms with van der Waals surface area (Å²) in [5.74, 6) is -1.67. The van der Waals surface area contributed by atoms with Gasteiger partial charge in [0, 0.05) is 0 Å². The minimum absolute atomic E-state index is 0.0195. The molecular weight excluding hydrogens is 941 g/mol. The van der Waals surface area contributed by atoms with E-state index in [0.29, 0.717) is 0 Å². The molecule has 13 nitrogen and oxygen atoms in total. The number of rotatable bonds is 23. The maximum absolute atomic E-state index is 14.9. The predicted molar refractivity (Wildman–Crippen MR) is 272 cm³/mol. The highest BCUT2D eigenvalue weighted by atomic mass is 16.8. The fourth-order valence-electron chi connectivity index (χ4n) is 8.74. The molecule has 2 heterocycles. The molecule has 0 bridgehead atoms. The van der Waals surface area contributed by atoms with Crippen LogP contribution in [0.4, 0.5) is 0 Å². The first kappa shape index (κ1) is 52.0. The zero-order valence-corrected chi connectivity index (χ0v) is 40.8. The molecule has 2 saturated heterocycles. The van der Waals surface area contributed by atoms with E-state index in [0.717, 1.165) is 38.9 Å². The second kappa shape index (κ2) is 26.9. The normalized spacial score (nSPS) is 23.6. The van der Waals surface area contributed by atoms with E-state index in [1.54, 1.807) is 0 Å². The summed E-state index contributed by atoms with van der Waals surface area (Å²) in [6.07, 6.45) is -13.8. The average molecular weight is 1000 g/mol. The monoisotopic (exact) mass is 1000 g/mol. The van der Waals surface area contributed by atoms with Crippen molar-refractivity contribution in [3.05, 3.63) is 251 Å². The quantitative estimate of drug-likeness (QED) is 0.0609. The Hall–Kier alpha value is -6.88. The molecule has 2 fully saturated rings. The molecule has 382 valence electrons. The highest BCUT2D eigenvalue weighted by Crippen LogP contribution is 2.37. The lowest BCUT2D eigenvalue weighted by atomic mass is 9.95. The van der Waals surface area contributed by atoms with Crippen molar-refractivity contribution in [1.82, 2.24) is 0 Å². The summed E-state index contributed by atoms with van der Waals surface area (Å²) in [6, 6.07) is 66.0. The summed E-state index contributed by atoms with van der Waals surface area (Å²) in [4.78, 5) is 29.2. The van der Waals surface area contributed by atoms with E-state index < -0.39 is 73.4 Å². The zero-order chi connectivity index (χ0) is 50.7. The summed E-state index contributed by atoms with van der Waals surface area (Å²) < 4.78 is 66.1. The van der Waals surface area contributed by atoms with Gasteiger partial charge in [0.25, 0.3) is 0 Å². The summed E-state index contributed by atoms with van der Waals surface area (Å²) in [5, 5.41) is 12.3. The van der Waals surface area contributed by atoms with Crippen LogP contribution in [0.3, 0.4) is 0 Å². The molecule has 0 spiro atoms. The average Bonchev–Trinajstić information content (AvgIpc) is 3.46. The predicted octanol–water partition coefficient (Wildman–Crippen LogP) is 9.23. The maximum atomic E-state index is 14.9. The summed E-state index contributed by atoms with van der Waals surface area (Å²) in [5.41, 5.74) is 5.58. The molecule has 0 aromatic heterocycles. The van der Waals surface area contributed by atoms with Crippen LogP contribution >= 0.6 is 0 Å². The van der Waals surface area contributed by atoms with Gasteiger partial charge in [0.05, 0.1) is 33.0 Å². The van der Waals surface area contributed by atoms with E-state index >= 15 is 0 Å². The first-order valence-electron chi connectivity index (χ1n) is 24.8. The lowest BCUT2D eigenvalue weighted by Crippen LogP contribution is -2.67. The molecule has 10 atom stereocenters. The fraction of sp³-hybridized carbons (Fsp3) is 0.279. The number of esters is 2. The molecule has 0 saturated carbocycles. The third-order valence-electron chi connectivity index (χ3n) is 12.6. The number of aliphatic hydroxyl groups excluding tert-OH is 1. The number of aliphatic hydroxyl groups is 1. The maximum Gasteiger partial charge on any atom is 0.338 e. The van der Waals surface area contributed by atoms with Crippen molar-refractivity contribution in [2.24, 2.45) is 0 Å². The highest BCUT2D eigenvalue weighted by molar-refractivity contribution is 5.76. The van der Waals surface area contributed by atoms with E-state index in [4.69, 9.17) is 47.4 Å². The number of carbonyl (C=O) groups is 2. The Morgan fingerprint density at radius 3 is 0.986 bits per heavy atom. The highest BCUT2D eigenvalue weighted by Gasteiger charge is 2.57. The van der Waals surface area contributed by atoms with Crippen LogP contribution in [-0.2, 0) is 103 Å². The van der Waals surface area contributed by atoms with E-state index in [2.05, 4.69) is 0 Å². The van der Waals surface area contributed by atoms with E-state index in [1.807, 2.05) is 212 Å². The molecule has 2 aliphatic heterocycles. The van der Waals surface area contributed by atoms with Gasteiger partial charge < -0.3 is 52.5 Å². The lowest BCUT2D eigenvalue weighted by molar-refractivity contribution is -0.367. The van der Waals surface area contributed by atoms with Gasteiger partial charge in [0.1, 0.15) is 49.8 Å². The smallest absolute Gasteiger partial charge is 0.338 e. The van der Waals surface area contributed by atoms with Crippen molar-refractivity contribution in [2.45, 2.75) is 108 Å². The Morgan fingerprint density at radius 2 is 0.608 bits per heavy atom. The van der Waals surface area contributed by atoms with Crippen molar-refractivity contribution in [3.63, 3.8) is 0 Å². The standard InChI is InChI=1S/C61H60O13/c62-50-51(65-36-43-22-8-1-9-23-43)56(67-38-45-26-12-3-13-27-45)61(72-52(50)58(63)69-40-47-30-16-5-17-31-47)73-54-53(66-37-44-24-10-2-11-25-44)57(68-39-46-28-14-4-15-29-46)60(71-42-49-34-20-7-21-35-49)74-55(54)59(64)70-41-48-32-18-6-19-33-48/h1-35,50-57,60-62H,36-42H2/t50-,51+,52+,53+,54-,55+,56-,57-,60-,61-/m1/s1. The molecule has 0 amide bonds. The van der Waals surface area contributed by atoms with Gasteiger partial charge >= 0.3 is 11.9 Å². The molecule has 13 heteroatoms. The fourth-order valence-corrected chi connectivity index (χ4v) is 8.74.